The van der Waals surface area contributed by atoms with Crippen LogP contribution < -0.4 is 10.0 Å². The van der Waals surface area contributed by atoms with Crippen molar-refractivity contribution in [3.8, 4) is 5.75 Å². The summed E-state index contributed by atoms with van der Waals surface area (Å²) in [6.45, 7) is 6.09. The van der Waals surface area contributed by atoms with Crippen LogP contribution in [0.3, 0.4) is 0 Å². The number of nitrogens with one attached hydrogen (secondary N) is 2. The normalized spacial score (nSPS) is 14.1. The van der Waals surface area contributed by atoms with E-state index in [0.717, 1.165) is 22.7 Å². The zero-order valence-corrected chi connectivity index (χ0v) is 15.2. The highest BCUT2D eigenvalue weighted by atomic mass is 79.9. The molecule has 0 aliphatic carbocycles. The molecule has 1 rings (SSSR count). The molecule has 0 saturated carbocycles. The quantitative estimate of drug-likeness (QED) is 0.680. The van der Waals surface area contributed by atoms with E-state index in [1.54, 1.807) is 12.1 Å². The molecule has 1 unspecified atom stereocenters. The van der Waals surface area contributed by atoms with Gasteiger partial charge in [0.05, 0.1) is 6.26 Å². The van der Waals surface area contributed by atoms with Crippen LogP contribution in [0.25, 0.3) is 0 Å². The largest absolute Gasteiger partial charge is 0.508 e. The van der Waals surface area contributed by atoms with Gasteiger partial charge in [-0.1, -0.05) is 22.9 Å². The maximum absolute atomic E-state index is 11.3. The van der Waals surface area contributed by atoms with Crippen molar-refractivity contribution in [3.63, 3.8) is 0 Å². The Hall–Kier alpha value is -0.630. The van der Waals surface area contributed by atoms with Crippen molar-refractivity contribution < 1.29 is 13.5 Å². The Kier molecular flexibility index (Phi) is 6.22. The van der Waals surface area contributed by atoms with E-state index in [4.69, 9.17) is 0 Å². The minimum Gasteiger partial charge on any atom is -0.508 e. The van der Waals surface area contributed by atoms with Gasteiger partial charge in [-0.3, -0.25) is 0 Å². The molecule has 0 fully saturated rings. The van der Waals surface area contributed by atoms with Crippen LogP contribution in [0.4, 0.5) is 0 Å². The molecule has 1 aromatic rings. The predicted molar refractivity (Wildman–Crippen MR) is 88.9 cm³/mol. The van der Waals surface area contributed by atoms with Crippen molar-refractivity contribution >= 4 is 26.0 Å². The van der Waals surface area contributed by atoms with Crippen LogP contribution in [0.15, 0.2) is 22.7 Å². The van der Waals surface area contributed by atoms with Crippen LogP contribution in [0.2, 0.25) is 0 Å². The Bertz CT molecular complexity index is 588. The highest BCUT2D eigenvalue weighted by molar-refractivity contribution is 9.10. The maximum Gasteiger partial charge on any atom is 0.209 e. The van der Waals surface area contributed by atoms with E-state index in [0.29, 0.717) is 6.54 Å². The summed E-state index contributed by atoms with van der Waals surface area (Å²) in [6, 6.07) is 5.24. The summed E-state index contributed by atoms with van der Waals surface area (Å²) < 4.78 is 26.2. The minimum absolute atomic E-state index is 0.0527. The van der Waals surface area contributed by atoms with Crippen LogP contribution >= 0.6 is 15.9 Å². The van der Waals surface area contributed by atoms with Crippen molar-refractivity contribution in [3.05, 3.63) is 28.2 Å². The average Bonchev–Trinajstić information content (AvgIpc) is 2.31. The van der Waals surface area contributed by atoms with E-state index in [2.05, 4.69) is 26.0 Å². The second-order valence-corrected chi connectivity index (χ2v) is 8.47. The Morgan fingerprint density at radius 1 is 1.38 bits per heavy atom. The molecular formula is C14H23BrN2O3S. The van der Waals surface area contributed by atoms with Crippen molar-refractivity contribution in [2.75, 3.05) is 12.8 Å². The smallest absolute Gasteiger partial charge is 0.209 e. The minimum atomic E-state index is -3.26. The second kappa shape index (κ2) is 7.09. The van der Waals surface area contributed by atoms with Gasteiger partial charge in [0.15, 0.2) is 0 Å². The number of rotatable bonds is 7. The van der Waals surface area contributed by atoms with Gasteiger partial charge in [-0.15, -0.1) is 0 Å². The lowest BCUT2D eigenvalue weighted by Gasteiger charge is -2.28. The van der Waals surface area contributed by atoms with Gasteiger partial charge in [0.2, 0.25) is 10.0 Å². The SMILES string of the molecule is CCC(NCC(C)(C)NS(C)(=O)=O)c1cc(Br)ccc1O. The first-order chi connectivity index (χ1) is 9.54. The van der Waals surface area contributed by atoms with Crippen LogP contribution in [-0.4, -0.2) is 31.9 Å². The Morgan fingerprint density at radius 3 is 2.52 bits per heavy atom. The van der Waals surface area contributed by atoms with Gasteiger partial charge in [0.25, 0.3) is 0 Å². The number of hydrogen-bond donors (Lipinski definition) is 3. The molecule has 0 aliphatic heterocycles. The highest BCUT2D eigenvalue weighted by Gasteiger charge is 2.24. The third kappa shape index (κ3) is 6.34. The Balaban J connectivity index is 2.82. The predicted octanol–water partition coefficient (Wildman–Crippen LogP) is 2.52. The third-order valence-electron chi connectivity index (χ3n) is 3.03. The molecule has 120 valence electrons. The van der Waals surface area contributed by atoms with Crippen molar-refractivity contribution in [1.29, 1.82) is 0 Å². The maximum atomic E-state index is 11.3. The fourth-order valence-corrected chi connectivity index (χ4v) is 3.65. The molecule has 7 heteroatoms. The summed E-state index contributed by atoms with van der Waals surface area (Å²) in [5.74, 6) is 0.228. The van der Waals surface area contributed by atoms with Crippen LogP contribution in [-0.2, 0) is 10.0 Å². The van der Waals surface area contributed by atoms with Crippen molar-refractivity contribution in [2.45, 2.75) is 38.8 Å². The lowest BCUT2D eigenvalue weighted by Crippen LogP contribution is -2.50. The molecule has 0 amide bonds. The molecule has 21 heavy (non-hydrogen) atoms. The van der Waals surface area contributed by atoms with E-state index in [-0.39, 0.29) is 11.8 Å². The zero-order chi connectivity index (χ0) is 16.3. The number of aromatic hydroxyl groups is 1. The number of hydrogen-bond acceptors (Lipinski definition) is 4. The van der Waals surface area contributed by atoms with Crippen molar-refractivity contribution in [2.24, 2.45) is 0 Å². The standard InChI is InChI=1S/C14H23BrN2O3S/c1-5-12(11-8-10(15)6-7-13(11)18)16-9-14(2,3)17-21(4,19)20/h6-8,12,16-18H,5,9H2,1-4H3. The summed E-state index contributed by atoms with van der Waals surface area (Å²) in [6.07, 6.45) is 1.92. The Labute approximate surface area is 135 Å². The molecule has 5 nitrogen and oxygen atoms in total. The molecule has 0 bridgehead atoms. The summed E-state index contributed by atoms with van der Waals surface area (Å²) >= 11 is 3.39. The molecule has 3 N–H and O–H groups in total. The molecule has 1 atom stereocenters. The second-order valence-electron chi connectivity index (χ2n) is 5.80. The summed E-state index contributed by atoms with van der Waals surface area (Å²) in [5, 5.41) is 13.3. The molecule has 0 heterocycles. The first-order valence-electron chi connectivity index (χ1n) is 6.75. The van der Waals surface area contributed by atoms with Gasteiger partial charge in [-0.05, 0) is 38.5 Å². The number of phenolic OH excluding ortho intramolecular Hbond substituents is 1. The van der Waals surface area contributed by atoms with Crippen molar-refractivity contribution in [1.82, 2.24) is 10.0 Å². The number of benzene rings is 1. The zero-order valence-electron chi connectivity index (χ0n) is 12.8. The van der Waals surface area contributed by atoms with Gasteiger partial charge >= 0.3 is 0 Å². The summed E-state index contributed by atoms with van der Waals surface area (Å²) in [4.78, 5) is 0. The molecule has 0 aromatic heterocycles. The summed E-state index contributed by atoms with van der Waals surface area (Å²) in [7, 11) is -3.26. The van der Waals surface area contributed by atoms with Crippen LogP contribution in [0, 0.1) is 0 Å². The van der Waals surface area contributed by atoms with Gasteiger partial charge in [-0.25, -0.2) is 13.1 Å². The molecule has 0 radical (unpaired) electrons. The van der Waals surface area contributed by atoms with E-state index in [1.807, 2.05) is 26.8 Å². The monoisotopic (exact) mass is 378 g/mol. The number of phenols is 1. The first kappa shape index (κ1) is 18.4. The average molecular weight is 379 g/mol. The van der Waals surface area contributed by atoms with Crippen LogP contribution in [0.1, 0.15) is 38.8 Å². The number of halogens is 1. The molecular weight excluding hydrogens is 356 g/mol. The van der Waals surface area contributed by atoms with E-state index < -0.39 is 15.6 Å². The highest BCUT2D eigenvalue weighted by Crippen LogP contribution is 2.29. The fraction of sp³-hybridized carbons (Fsp3) is 0.571. The van der Waals surface area contributed by atoms with Gasteiger partial charge in [0, 0.05) is 28.2 Å². The Morgan fingerprint density at radius 2 is 2.00 bits per heavy atom. The van der Waals surface area contributed by atoms with Gasteiger partial charge < -0.3 is 10.4 Å². The molecule has 0 aliphatic rings. The first-order valence-corrected chi connectivity index (χ1v) is 9.43. The van der Waals surface area contributed by atoms with Gasteiger partial charge in [0.1, 0.15) is 5.75 Å². The van der Waals surface area contributed by atoms with E-state index in [9.17, 15) is 13.5 Å². The van der Waals surface area contributed by atoms with E-state index >= 15 is 0 Å². The molecule has 0 spiro atoms. The number of sulfonamides is 1. The fourth-order valence-electron chi connectivity index (χ4n) is 2.20. The molecule has 1 aromatic carbocycles. The third-order valence-corrected chi connectivity index (χ3v) is 4.44. The molecule has 0 saturated heterocycles. The topological polar surface area (TPSA) is 78.4 Å². The summed E-state index contributed by atoms with van der Waals surface area (Å²) in [5.41, 5.74) is 0.185. The van der Waals surface area contributed by atoms with E-state index in [1.165, 1.54) is 0 Å². The lowest BCUT2D eigenvalue weighted by molar-refractivity contribution is 0.377. The van der Waals surface area contributed by atoms with Crippen LogP contribution in [0.5, 0.6) is 5.75 Å². The lowest BCUT2D eigenvalue weighted by atomic mass is 10.0. The van der Waals surface area contributed by atoms with Gasteiger partial charge in [-0.2, -0.15) is 0 Å².